The van der Waals surface area contributed by atoms with Crippen LogP contribution in [0.1, 0.15) is 23.1 Å². The highest BCUT2D eigenvalue weighted by molar-refractivity contribution is 6.20. The zero-order chi connectivity index (χ0) is 22.5. The van der Waals surface area contributed by atoms with E-state index >= 15 is 0 Å². The third kappa shape index (κ3) is 3.21. The van der Waals surface area contributed by atoms with E-state index in [1.165, 1.54) is 0 Å². The van der Waals surface area contributed by atoms with E-state index in [1.54, 1.807) is 0 Å². The minimum absolute atomic E-state index is 0.102. The lowest BCUT2D eigenvalue weighted by Crippen LogP contribution is -2.09. The van der Waals surface area contributed by atoms with Crippen molar-refractivity contribution in [2.45, 2.75) is 12.5 Å². The number of allylic oxidation sites excluding steroid dienone is 3. The largest absolute Gasteiger partial charge is 0.441 e. The molecule has 5 heteroatoms. The molecule has 0 bridgehead atoms. The summed E-state index contributed by atoms with van der Waals surface area (Å²) in [5, 5.41) is 0. The molecule has 7 rings (SSSR count). The van der Waals surface area contributed by atoms with Crippen LogP contribution in [0.5, 0.6) is 0 Å². The summed E-state index contributed by atoms with van der Waals surface area (Å²) in [4.78, 5) is 14.2. The van der Waals surface area contributed by atoms with E-state index in [9.17, 15) is 0 Å². The standard InChI is InChI=1S/C29H19N3O2/c1-3-13-26-22(11-1)31-28(33-26)20-9-5-7-18(15-20)24-17-25(30-24)19-8-6-10-21(16-19)29-32-23-12-2-4-14-27(23)34-29/h1-11,13-17,23H,12H2. The summed E-state index contributed by atoms with van der Waals surface area (Å²) in [5.74, 6) is 2.21. The van der Waals surface area contributed by atoms with E-state index in [-0.39, 0.29) is 6.04 Å². The van der Waals surface area contributed by atoms with Crippen molar-refractivity contribution in [3.63, 3.8) is 0 Å². The van der Waals surface area contributed by atoms with Crippen LogP contribution < -0.4 is 0 Å². The summed E-state index contributed by atoms with van der Waals surface area (Å²) < 4.78 is 11.9. The van der Waals surface area contributed by atoms with Gasteiger partial charge in [0.15, 0.2) is 5.58 Å². The van der Waals surface area contributed by atoms with Crippen molar-refractivity contribution in [2.24, 2.45) is 9.98 Å². The Labute approximate surface area is 196 Å². The van der Waals surface area contributed by atoms with Crippen LogP contribution in [0.3, 0.4) is 0 Å². The number of benzene rings is 3. The zero-order valence-corrected chi connectivity index (χ0v) is 18.2. The molecule has 0 amide bonds. The van der Waals surface area contributed by atoms with Crippen molar-refractivity contribution < 1.29 is 9.15 Å². The number of oxazole rings is 1. The Morgan fingerprint density at radius 2 is 1.62 bits per heavy atom. The Balaban J connectivity index is 1.13. The molecule has 0 N–H and O–H groups in total. The summed E-state index contributed by atoms with van der Waals surface area (Å²) in [6.45, 7) is 0. The van der Waals surface area contributed by atoms with Gasteiger partial charge < -0.3 is 9.15 Å². The SMILES string of the molecule is C1=CCC2N=C(c3cccc(C4=NC(c5cccc(-c6nc7ccccc7o6)c5)=C4)c3)OC2=C1. The molecule has 1 atom stereocenters. The molecule has 0 fully saturated rings. The maximum absolute atomic E-state index is 6.00. The Morgan fingerprint density at radius 3 is 2.50 bits per heavy atom. The molecular formula is C29H19N3O2. The van der Waals surface area contributed by atoms with Crippen LogP contribution in [0, 0.1) is 0 Å². The predicted molar refractivity (Wildman–Crippen MR) is 134 cm³/mol. The Kier molecular flexibility index (Phi) is 4.21. The molecule has 1 aromatic heterocycles. The van der Waals surface area contributed by atoms with Gasteiger partial charge in [0.2, 0.25) is 11.8 Å². The molecular weight excluding hydrogens is 422 g/mol. The van der Waals surface area contributed by atoms with Crippen molar-refractivity contribution in [1.29, 1.82) is 0 Å². The van der Waals surface area contributed by atoms with Crippen LogP contribution >= 0.6 is 0 Å². The topological polar surface area (TPSA) is 60.0 Å². The predicted octanol–water partition coefficient (Wildman–Crippen LogP) is 6.33. The van der Waals surface area contributed by atoms with Crippen molar-refractivity contribution in [1.82, 2.24) is 4.98 Å². The van der Waals surface area contributed by atoms with Gasteiger partial charge in [-0.15, -0.1) is 0 Å². The number of ether oxygens (including phenoxy) is 1. The van der Waals surface area contributed by atoms with E-state index in [0.29, 0.717) is 11.8 Å². The molecule has 2 aliphatic heterocycles. The fraction of sp³-hybridized carbons (Fsp3) is 0.0690. The van der Waals surface area contributed by atoms with Gasteiger partial charge in [0, 0.05) is 22.3 Å². The molecule has 0 saturated heterocycles. The first-order valence-electron chi connectivity index (χ1n) is 11.3. The number of rotatable bonds is 4. The number of aromatic nitrogens is 1. The van der Waals surface area contributed by atoms with Crippen molar-refractivity contribution >= 4 is 28.4 Å². The van der Waals surface area contributed by atoms with Crippen molar-refractivity contribution in [3.05, 3.63) is 120 Å². The van der Waals surface area contributed by atoms with Crippen LogP contribution in [0.25, 0.3) is 28.3 Å². The average molecular weight is 441 g/mol. The third-order valence-corrected chi connectivity index (χ3v) is 6.19. The minimum Gasteiger partial charge on any atom is -0.441 e. The number of hydrogen-bond donors (Lipinski definition) is 0. The van der Waals surface area contributed by atoms with Crippen LogP contribution in [-0.4, -0.2) is 22.6 Å². The van der Waals surface area contributed by atoms with Gasteiger partial charge in [-0.3, -0.25) is 0 Å². The van der Waals surface area contributed by atoms with Crippen LogP contribution in [0.15, 0.2) is 117 Å². The van der Waals surface area contributed by atoms with Crippen molar-refractivity contribution in [3.8, 4) is 11.5 Å². The highest BCUT2D eigenvalue weighted by Crippen LogP contribution is 2.31. The molecule has 3 aromatic carbocycles. The summed E-state index contributed by atoms with van der Waals surface area (Å²) in [6.07, 6.45) is 9.13. The van der Waals surface area contributed by atoms with E-state index in [0.717, 1.165) is 56.9 Å². The summed E-state index contributed by atoms with van der Waals surface area (Å²) in [5.41, 5.74) is 7.51. The van der Waals surface area contributed by atoms with Gasteiger partial charge in [-0.05, 0) is 55.0 Å². The molecule has 3 aliphatic rings. The highest BCUT2D eigenvalue weighted by atomic mass is 16.5. The fourth-order valence-corrected chi connectivity index (χ4v) is 4.40. The normalized spacial score (nSPS) is 18.4. The summed E-state index contributed by atoms with van der Waals surface area (Å²) in [6, 6.07) is 24.2. The quantitative estimate of drug-likeness (QED) is 0.372. The Morgan fingerprint density at radius 1 is 0.824 bits per heavy atom. The van der Waals surface area contributed by atoms with E-state index in [2.05, 4.69) is 41.4 Å². The monoisotopic (exact) mass is 441 g/mol. The highest BCUT2D eigenvalue weighted by Gasteiger charge is 2.26. The maximum atomic E-state index is 6.00. The Hall–Kier alpha value is -4.51. The molecule has 0 spiro atoms. The molecule has 34 heavy (non-hydrogen) atoms. The van der Waals surface area contributed by atoms with Gasteiger partial charge in [0.25, 0.3) is 0 Å². The molecule has 1 unspecified atom stereocenters. The number of fused-ring (bicyclic) bond motifs is 2. The van der Waals surface area contributed by atoms with E-state index < -0.39 is 0 Å². The molecule has 1 aliphatic carbocycles. The van der Waals surface area contributed by atoms with Gasteiger partial charge in [-0.2, -0.15) is 0 Å². The lowest BCUT2D eigenvalue weighted by molar-refractivity contribution is 0.414. The van der Waals surface area contributed by atoms with Crippen LogP contribution in [0.2, 0.25) is 0 Å². The Bertz CT molecular complexity index is 1580. The van der Waals surface area contributed by atoms with Gasteiger partial charge >= 0.3 is 0 Å². The molecule has 3 heterocycles. The molecule has 162 valence electrons. The smallest absolute Gasteiger partial charge is 0.227 e. The number of aliphatic imine (C=N–C) groups is 2. The van der Waals surface area contributed by atoms with E-state index in [4.69, 9.17) is 19.1 Å². The van der Waals surface area contributed by atoms with Gasteiger partial charge in [-0.1, -0.05) is 48.6 Å². The van der Waals surface area contributed by atoms with Crippen LogP contribution in [0.4, 0.5) is 0 Å². The van der Waals surface area contributed by atoms with E-state index in [1.807, 2.05) is 60.7 Å². The average Bonchev–Trinajstić information content (AvgIpc) is 3.48. The molecule has 5 nitrogen and oxygen atoms in total. The maximum Gasteiger partial charge on any atom is 0.227 e. The van der Waals surface area contributed by atoms with Gasteiger partial charge in [-0.25, -0.2) is 15.0 Å². The number of nitrogens with zero attached hydrogens (tertiary/aromatic N) is 3. The zero-order valence-electron chi connectivity index (χ0n) is 18.2. The second-order valence-corrected chi connectivity index (χ2v) is 8.46. The molecule has 0 radical (unpaired) electrons. The first-order chi connectivity index (χ1) is 16.8. The molecule has 4 aromatic rings. The summed E-state index contributed by atoms with van der Waals surface area (Å²) >= 11 is 0. The number of para-hydroxylation sites is 2. The number of hydrogen-bond acceptors (Lipinski definition) is 5. The third-order valence-electron chi connectivity index (χ3n) is 6.19. The molecule has 0 saturated carbocycles. The first kappa shape index (κ1) is 19.0. The van der Waals surface area contributed by atoms with Gasteiger partial charge in [0.05, 0.1) is 11.4 Å². The summed E-state index contributed by atoms with van der Waals surface area (Å²) in [7, 11) is 0. The first-order valence-corrected chi connectivity index (χ1v) is 11.3. The lowest BCUT2D eigenvalue weighted by atomic mass is 9.98. The second kappa shape index (κ2) is 7.52. The van der Waals surface area contributed by atoms with Gasteiger partial charge in [0.1, 0.15) is 17.3 Å². The van der Waals surface area contributed by atoms with Crippen molar-refractivity contribution in [2.75, 3.05) is 0 Å². The fourth-order valence-electron chi connectivity index (χ4n) is 4.40. The second-order valence-electron chi connectivity index (χ2n) is 8.46. The lowest BCUT2D eigenvalue weighted by Gasteiger charge is -2.16. The van der Waals surface area contributed by atoms with Crippen LogP contribution in [-0.2, 0) is 4.74 Å². The minimum atomic E-state index is 0.102.